The van der Waals surface area contributed by atoms with Crippen LogP contribution in [0, 0.1) is 6.92 Å². The maximum atomic E-state index is 12.7. The molecule has 0 spiro atoms. The second-order valence-corrected chi connectivity index (χ2v) is 7.33. The molecule has 0 bridgehead atoms. The van der Waals surface area contributed by atoms with E-state index < -0.39 is 0 Å². The third kappa shape index (κ3) is 4.48. The van der Waals surface area contributed by atoms with E-state index in [1.54, 1.807) is 14.0 Å². The lowest BCUT2D eigenvalue weighted by atomic mass is 9.86. The van der Waals surface area contributed by atoms with E-state index in [9.17, 15) is 4.79 Å². The molecule has 0 aliphatic carbocycles. The number of ether oxygens (including phenoxy) is 1. The van der Waals surface area contributed by atoms with Gasteiger partial charge in [0.15, 0.2) is 5.76 Å². The van der Waals surface area contributed by atoms with Crippen LogP contribution in [-0.4, -0.2) is 30.8 Å². The zero-order valence-corrected chi connectivity index (χ0v) is 16.0. The third-order valence-corrected chi connectivity index (χ3v) is 4.30. The van der Waals surface area contributed by atoms with E-state index in [4.69, 9.17) is 9.26 Å². The molecule has 0 aliphatic heterocycles. The molecule has 2 rings (SSSR count). The topological polar surface area (TPSA) is 64.4 Å². The fourth-order valence-electron chi connectivity index (χ4n) is 2.68. The molecule has 5 nitrogen and oxygen atoms in total. The summed E-state index contributed by atoms with van der Waals surface area (Å²) in [6, 6.07) is 8.04. The predicted molar refractivity (Wildman–Crippen MR) is 98.8 cm³/mol. The van der Waals surface area contributed by atoms with E-state index in [1.807, 2.05) is 19.1 Å². The summed E-state index contributed by atoms with van der Waals surface area (Å²) in [5.74, 6) is 0.320. The zero-order chi connectivity index (χ0) is 18.6. The summed E-state index contributed by atoms with van der Waals surface area (Å²) >= 11 is 0. The number of aromatic nitrogens is 1. The zero-order valence-electron chi connectivity index (χ0n) is 16.0. The smallest absolute Gasteiger partial charge is 0.257 e. The van der Waals surface area contributed by atoms with Gasteiger partial charge in [0.05, 0.1) is 18.3 Å². The van der Waals surface area contributed by atoms with Crippen LogP contribution in [-0.2, 0) is 10.2 Å². The van der Waals surface area contributed by atoms with Gasteiger partial charge in [-0.2, -0.15) is 0 Å². The highest BCUT2D eigenvalue weighted by Gasteiger charge is 2.24. The summed E-state index contributed by atoms with van der Waals surface area (Å²) in [4.78, 5) is 12.7. The number of carbonyl (C=O) groups excluding carboxylic acids is 1. The van der Waals surface area contributed by atoms with Crippen LogP contribution in [0.5, 0.6) is 0 Å². The first-order chi connectivity index (χ1) is 11.8. The molecule has 25 heavy (non-hydrogen) atoms. The van der Waals surface area contributed by atoms with Gasteiger partial charge in [0.25, 0.3) is 5.91 Å². The fraction of sp³-hybridized carbons (Fsp3) is 0.500. The van der Waals surface area contributed by atoms with Crippen LogP contribution in [0.2, 0.25) is 0 Å². The second-order valence-electron chi connectivity index (χ2n) is 7.33. The van der Waals surface area contributed by atoms with Crippen molar-refractivity contribution in [2.75, 3.05) is 13.7 Å². The molecule has 0 aliphatic rings. The monoisotopic (exact) mass is 344 g/mol. The van der Waals surface area contributed by atoms with Crippen LogP contribution in [0.1, 0.15) is 55.7 Å². The molecule has 0 radical (unpaired) electrons. The van der Waals surface area contributed by atoms with Crippen LogP contribution in [0.25, 0.3) is 11.3 Å². The molecule has 1 heterocycles. The minimum atomic E-state index is -0.183. The summed E-state index contributed by atoms with van der Waals surface area (Å²) in [5.41, 5.74) is 3.21. The van der Waals surface area contributed by atoms with Gasteiger partial charge < -0.3 is 14.6 Å². The van der Waals surface area contributed by atoms with Crippen molar-refractivity contribution in [3.05, 3.63) is 41.1 Å². The number of methoxy groups -OCH3 is 1. The van der Waals surface area contributed by atoms with E-state index in [0.717, 1.165) is 12.0 Å². The summed E-state index contributed by atoms with van der Waals surface area (Å²) in [5, 5.41) is 6.99. The Morgan fingerprint density at radius 2 is 1.92 bits per heavy atom. The van der Waals surface area contributed by atoms with Crippen molar-refractivity contribution >= 4 is 5.91 Å². The first kappa shape index (κ1) is 19.2. The maximum absolute atomic E-state index is 12.7. The van der Waals surface area contributed by atoms with Gasteiger partial charge in [0.1, 0.15) is 5.56 Å². The number of rotatable bonds is 6. The Hall–Kier alpha value is -2.14. The predicted octanol–water partition coefficient (Wildman–Crippen LogP) is 4.10. The summed E-state index contributed by atoms with van der Waals surface area (Å²) in [6.07, 6.45) is 0.791. The normalized spacial score (nSPS) is 12.9. The van der Waals surface area contributed by atoms with E-state index in [2.05, 4.69) is 43.4 Å². The molecule has 0 saturated heterocycles. The van der Waals surface area contributed by atoms with Crippen molar-refractivity contribution in [3.8, 4) is 11.3 Å². The first-order valence-electron chi connectivity index (χ1n) is 8.64. The Balaban J connectivity index is 2.31. The van der Waals surface area contributed by atoms with Crippen LogP contribution >= 0.6 is 0 Å². The molecule has 136 valence electrons. The van der Waals surface area contributed by atoms with Gasteiger partial charge >= 0.3 is 0 Å². The lowest BCUT2D eigenvalue weighted by Crippen LogP contribution is -2.37. The third-order valence-electron chi connectivity index (χ3n) is 4.30. The Morgan fingerprint density at radius 1 is 1.28 bits per heavy atom. The number of hydrogen-bond donors (Lipinski definition) is 1. The lowest BCUT2D eigenvalue weighted by molar-refractivity contribution is 0.0894. The molecular weight excluding hydrogens is 316 g/mol. The highest BCUT2D eigenvalue weighted by molar-refractivity contribution is 6.00. The fourth-order valence-corrected chi connectivity index (χ4v) is 2.68. The van der Waals surface area contributed by atoms with Crippen molar-refractivity contribution in [1.82, 2.24) is 10.5 Å². The molecule has 2 aromatic rings. The van der Waals surface area contributed by atoms with Crippen molar-refractivity contribution in [3.63, 3.8) is 0 Å². The Bertz CT molecular complexity index is 712. The maximum Gasteiger partial charge on any atom is 0.257 e. The van der Waals surface area contributed by atoms with Crippen molar-refractivity contribution in [2.24, 2.45) is 0 Å². The summed E-state index contributed by atoms with van der Waals surface area (Å²) in [7, 11) is 1.63. The van der Waals surface area contributed by atoms with Crippen LogP contribution < -0.4 is 5.32 Å². The number of amides is 1. The summed E-state index contributed by atoms with van der Waals surface area (Å²) in [6.45, 7) is 10.8. The van der Waals surface area contributed by atoms with E-state index in [0.29, 0.717) is 23.6 Å². The van der Waals surface area contributed by atoms with Gasteiger partial charge in [-0.25, -0.2) is 0 Å². The Labute approximate surface area is 149 Å². The van der Waals surface area contributed by atoms with E-state index in [1.165, 1.54) is 5.56 Å². The SMILES string of the molecule is CCC(COC)NC(=O)c1c(C)noc1-c1ccc(C(C)(C)C)cc1. The van der Waals surface area contributed by atoms with Crippen LogP contribution in [0.15, 0.2) is 28.8 Å². The largest absolute Gasteiger partial charge is 0.383 e. The van der Waals surface area contributed by atoms with Crippen molar-refractivity contribution < 1.29 is 14.1 Å². The van der Waals surface area contributed by atoms with E-state index in [-0.39, 0.29) is 17.4 Å². The van der Waals surface area contributed by atoms with Gasteiger partial charge in [-0.1, -0.05) is 57.1 Å². The molecule has 0 saturated carbocycles. The Kier molecular flexibility index (Phi) is 6.01. The highest BCUT2D eigenvalue weighted by Crippen LogP contribution is 2.29. The quantitative estimate of drug-likeness (QED) is 0.857. The number of benzene rings is 1. The molecule has 5 heteroatoms. The number of nitrogens with one attached hydrogen (secondary N) is 1. The molecular formula is C20H28N2O3. The minimum absolute atomic E-state index is 0.0390. The van der Waals surface area contributed by atoms with E-state index >= 15 is 0 Å². The second kappa shape index (κ2) is 7.83. The molecule has 1 atom stereocenters. The minimum Gasteiger partial charge on any atom is -0.383 e. The van der Waals surface area contributed by atoms with Gasteiger partial charge in [0.2, 0.25) is 0 Å². The van der Waals surface area contributed by atoms with Crippen LogP contribution in [0.4, 0.5) is 0 Å². The van der Waals surface area contributed by atoms with Crippen LogP contribution in [0.3, 0.4) is 0 Å². The standard InChI is InChI=1S/C20H28N2O3/c1-7-16(12-24-6)21-19(23)17-13(2)22-25-18(17)14-8-10-15(11-9-14)20(3,4)5/h8-11,16H,7,12H2,1-6H3,(H,21,23). The van der Waals surface area contributed by atoms with Crippen molar-refractivity contribution in [2.45, 2.75) is 52.5 Å². The molecule has 0 fully saturated rings. The molecule has 1 aromatic carbocycles. The van der Waals surface area contributed by atoms with Crippen molar-refractivity contribution in [1.29, 1.82) is 0 Å². The number of carbonyl (C=O) groups is 1. The average Bonchev–Trinajstić information content (AvgIpc) is 2.95. The molecule has 1 amide bonds. The van der Waals surface area contributed by atoms with Gasteiger partial charge in [0, 0.05) is 12.7 Å². The van der Waals surface area contributed by atoms with Gasteiger partial charge in [-0.3, -0.25) is 4.79 Å². The molecule has 1 N–H and O–H groups in total. The number of nitrogens with zero attached hydrogens (tertiary/aromatic N) is 1. The average molecular weight is 344 g/mol. The highest BCUT2D eigenvalue weighted by atomic mass is 16.5. The number of aryl methyl sites for hydroxylation is 1. The first-order valence-corrected chi connectivity index (χ1v) is 8.64. The number of hydrogen-bond acceptors (Lipinski definition) is 4. The lowest BCUT2D eigenvalue weighted by Gasteiger charge is -2.19. The Morgan fingerprint density at radius 3 is 2.44 bits per heavy atom. The summed E-state index contributed by atoms with van der Waals surface area (Å²) < 4.78 is 10.6. The molecule has 1 aromatic heterocycles. The van der Waals surface area contributed by atoms with Gasteiger partial charge in [-0.05, 0) is 24.3 Å². The molecule has 1 unspecified atom stereocenters. The van der Waals surface area contributed by atoms with Gasteiger partial charge in [-0.15, -0.1) is 0 Å².